The molecule has 1 unspecified atom stereocenters. The second-order valence-electron chi connectivity index (χ2n) is 4.69. The van der Waals surface area contributed by atoms with Crippen molar-refractivity contribution in [3.05, 3.63) is 0 Å². The van der Waals surface area contributed by atoms with Gasteiger partial charge >= 0.3 is 5.97 Å². The van der Waals surface area contributed by atoms with Gasteiger partial charge in [-0.3, -0.25) is 9.59 Å². The number of hydrogen-bond acceptors (Lipinski definition) is 3. The van der Waals surface area contributed by atoms with E-state index >= 15 is 0 Å². The van der Waals surface area contributed by atoms with Crippen molar-refractivity contribution in [2.45, 2.75) is 33.7 Å². The molecule has 0 aromatic carbocycles. The maximum Gasteiger partial charge on any atom is 0.310 e. The topological polar surface area (TPSA) is 92.4 Å². The molecule has 0 heterocycles. The lowest BCUT2D eigenvalue weighted by Gasteiger charge is -2.25. The Morgan fingerprint density at radius 3 is 2.13 bits per heavy atom. The molecule has 0 bridgehead atoms. The Hall–Kier alpha value is -1.10. The Kier molecular flexibility index (Phi) is 4.74. The highest BCUT2D eigenvalue weighted by atomic mass is 16.4. The molecule has 88 valence electrons. The molecule has 0 spiro atoms. The van der Waals surface area contributed by atoms with Crippen molar-refractivity contribution in [1.82, 2.24) is 5.32 Å². The number of carbonyl (C=O) groups excluding carboxylic acids is 1. The second-order valence-corrected chi connectivity index (χ2v) is 4.69. The van der Waals surface area contributed by atoms with Crippen molar-refractivity contribution >= 4 is 11.9 Å². The van der Waals surface area contributed by atoms with Crippen molar-refractivity contribution < 1.29 is 14.7 Å². The lowest BCUT2D eigenvalue weighted by atomic mass is 9.92. The van der Waals surface area contributed by atoms with E-state index in [0.717, 1.165) is 0 Å². The Bertz CT molecular complexity index is 249. The van der Waals surface area contributed by atoms with Gasteiger partial charge in [-0.15, -0.1) is 0 Å². The van der Waals surface area contributed by atoms with E-state index in [1.807, 2.05) is 13.8 Å². The fourth-order valence-corrected chi connectivity index (χ4v) is 1.11. The summed E-state index contributed by atoms with van der Waals surface area (Å²) in [7, 11) is 0. The first-order valence-corrected chi connectivity index (χ1v) is 4.94. The third-order valence-corrected chi connectivity index (χ3v) is 2.32. The summed E-state index contributed by atoms with van der Waals surface area (Å²) in [6, 6.07) is -0.483. The molecule has 5 heteroatoms. The standard InChI is InChI=1S/C10H20N2O3/c1-6(2)7(8(11)13)12-5-10(3,4)9(14)15/h6-7,12H,5H2,1-4H3,(H2,11,13)(H,14,15). The van der Waals surface area contributed by atoms with Gasteiger partial charge in [0.05, 0.1) is 11.5 Å². The van der Waals surface area contributed by atoms with Crippen LogP contribution in [0.3, 0.4) is 0 Å². The molecular formula is C10H20N2O3. The van der Waals surface area contributed by atoms with Crippen LogP contribution in [0.4, 0.5) is 0 Å². The zero-order valence-electron chi connectivity index (χ0n) is 9.70. The summed E-state index contributed by atoms with van der Waals surface area (Å²) in [4.78, 5) is 21.9. The minimum atomic E-state index is -0.901. The van der Waals surface area contributed by atoms with Crippen LogP contribution in [0.2, 0.25) is 0 Å². The molecule has 0 rings (SSSR count). The molecule has 5 nitrogen and oxygen atoms in total. The van der Waals surface area contributed by atoms with Crippen molar-refractivity contribution in [2.75, 3.05) is 6.54 Å². The SMILES string of the molecule is CC(C)C(NCC(C)(C)C(=O)O)C(N)=O. The van der Waals surface area contributed by atoms with Crippen molar-refractivity contribution in [2.24, 2.45) is 17.1 Å². The molecule has 0 saturated heterocycles. The van der Waals surface area contributed by atoms with Gasteiger partial charge in [0.25, 0.3) is 0 Å². The summed E-state index contributed by atoms with van der Waals surface area (Å²) in [5.74, 6) is -1.31. The van der Waals surface area contributed by atoms with Crippen LogP contribution in [0, 0.1) is 11.3 Å². The van der Waals surface area contributed by atoms with Crippen LogP contribution in [0.5, 0.6) is 0 Å². The van der Waals surface area contributed by atoms with E-state index in [9.17, 15) is 9.59 Å². The minimum Gasteiger partial charge on any atom is -0.481 e. The number of aliphatic carboxylic acids is 1. The number of amides is 1. The first-order valence-electron chi connectivity index (χ1n) is 4.94. The molecule has 0 aromatic heterocycles. The van der Waals surface area contributed by atoms with E-state index in [4.69, 9.17) is 10.8 Å². The lowest BCUT2D eigenvalue weighted by molar-refractivity contribution is -0.147. The highest BCUT2D eigenvalue weighted by Gasteiger charge is 2.29. The first kappa shape index (κ1) is 13.9. The van der Waals surface area contributed by atoms with E-state index in [0.29, 0.717) is 0 Å². The van der Waals surface area contributed by atoms with Gasteiger partial charge in [0.15, 0.2) is 0 Å². The maximum atomic E-state index is 11.0. The Morgan fingerprint density at radius 1 is 1.40 bits per heavy atom. The Labute approximate surface area is 90.0 Å². The summed E-state index contributed by atoms with van der Waals surface area (Å²) < 4.78 is 0. The highest BCUT2D eigenvalue weighted by molar-refractivity contribution is 5.80. The largest absolute Gasteiger partial charge is 0.481 e. The van der Waals surface area contributed by atoms with E-state index in [-0.39, 0.29) is 12.5 Å². The van der Waals surface area contributed by atoms with Gasteiger partial charge in [-0.2, -0.15) is 0 Å². The predicted molar refractivity (Wildman–Crippen MR) is 57.2 cm³/mol. The maximum absolute atomic E-state index is 11.0. The summed E-state index contributed by atoms with van der Waals surface area (Å²) in [5.41, 5.74) is 4.29. The van der Waals surface area contributed by atoms with Gasteiger partial charge in [0.2, 0.25) is 5.91 Å². The van der Waals surface area contributed by atoms with E-state index in [1.54, 1.807) is 13.8 Å². The average Bonchev–Trinajstić information content (AvgIpc) is 2.02. The fourth-order valence-electron chi connectivity index (χ4n) is 1.11. The van der Waals surface area contributed by atoms with Gasteiger partial charge in [0.1, 0.15) is 0 Å². The number of nitrogens with one attached hydrogen (secondary N) is 1. The Morgan fingerprint density at radius 2 is 1.87 bits per heavy atom. The number of primary amides is 1. The molecular weight excluding hydrogens is 196 g/mol. The first-order chi connectivity index (χ1) is 6.68. The molecule has 0 fully saturated rings. The molecule has 1 amide bonds. The van der Waals surface area contributed by atoms with E-state index < -0.39 is 23.3 Å². The lowest BCUT2D eigenvalue weighted by Crippen LogP contribution is -2.49. The predicted octanol–water partition coefficient (Wildman–Crippen LogP) is 0.197. The molecule has 0 aromatic rings. The van der Waals surface area contributed by atoms with E-state index in [2.05, 4.69) is 5.32 Å². The van der Waals surface area contributed by atoms with Crippen LogP contribution in [-0.4, -0.2) is 29.6 Å². The molecule has 1 atom stereocenters. The van der Waals surface area contributed by atoms with Gasteiger partial charge in [-0.05, 0) is 19.8 Å². The number of carboxylic acid groups (broad SMARTS) is 1. The van der Waals surface area contributed by atoms with Crippen LogP contribution in [-0.2, 0) is 9.59 Å². The minimum absolute atomic E-state index is 0.0482. The van der Waals surface area contributed by atoms with Crippen LogP contribution >= 0.6 is 0 Å². The van der Waals surface area contributed by atoms with Gasteiger partial charge in [0, 0.05) is 6.54 Å². The third-order valence-electron chi connectivity index (χ3n) is 2.32. The number of carbonyl (C=O) groups is 2. The number of carboxylic acids is 1. The van der Waals surface area contributed by atoms with Gasteiger partial charge in [-0.1, -0.05) is 13.8 Å². The summed E-state index contributed by atoms with van der Waals surface area (Å²) >= 11 is 0. The molecule has 15 heavy (non-hydrogen) atoms. The number of nitrogens with two attached hydrogens (primary N) is 1. The van der Waals surface area contributed by atoms with Crippen LogP contribution in [0.1, 0.15) is 27.7 Å². The summed E-state index contributed by atoms with van der Waals surface area (Å²) in [6.45, 7) is 7.13. The smallest absolute Gasteiger partial charge is 0.310 e. The van der Waals surface area contributed by atoms with Crippen LogP contribution in [0.15, 0.2) is 0 Å². The third kappa shape index (κ3) is 4.29. The summed E-state index contributed by atoms with van der Waals surface area (Å²) in [6.07, 6.45) is 0. The van der Waals surface area contributed by atoms with Crippen molar-refractivity contribution in [3.8, 4) is 0 Å². The average molecular weight is 216 g/mol. The molecule has 0 radical (unpaired) electrons. The highest BCUT2D eigenvalue weighted by Crippen LogP contribution is 2.14. The summed E-state index contributed by atoms with van der Waals surface area (Å²) in [5, 5.41) is 11.8. The molecule has 4 N–H and O–H groups in total. The number of hydrogen-bond donors (Lipinski definition) is 3. The molecule has 0 aliphatic rings. The quantitative estimate of drug-likeness (QED) is 0.591. The zero-order chi connectivity index (χ0) is 12.2. The van der Waals surface area contributed by atoms with Crippen molar-refractivity contribution in [1.29, 1.82) is 0 Å². The second kappa shape index (κ2) is 5.11. The molecule has 0 aliphatic heterocycles. The number of rotatable bonds is 6. The molecule has 0 saturated carbocycles. The normalized spacial score (nSPS) is 13.9. The van der Waals surface area contributed by atoms with Gasteiger partial charge < -0.3 is 16.2 Å². The zero-order valence-corrected chi connectivity index (χ0v) is 9.70. The van der Waals surface area contributed by atoms with Crippen LogP contribution < -0.4 is 11.1 Å². The fraction of sp³-hybridized carbons (Fsp3) is 0.800. The Balaban J connectivity index is 4.35. The monoisotopic (exact) mass is 216 g/mol. The van der Waals surface area contributed by atoms with E-state index in [1.165, 1.54) is 0 Å². The van der Waals surface area contributed by atoms with Crippen LogP contribution in [0.25, 0.3) is 0 Å². The van der Waals surface area contributed by atoms with Crippen molar-refractivity contribution in [3.63, 3.8) is 0 Å². The van der Waals surface area contributed by atoms with Gasteiger partial charge in [-0.25, -0.2) is 0 Å². The molecule has 0 aliphatic carbocycles.